The quantitative estimate of drug-likeness (QED) is 0.728. The highest BCUT2D eigenvalue weighted by atomic mass is 16.5. The summed E-state index contributed by atoms with van der Waals surface area (Å²) in [4.78, 5) is 13.3. The lowest BCUT2D eigenvalue weighted by molar-refractivity contribution is -0.164. The predicted molar refractivity (Wildman–Crippen MR) is 54.9 cm³/mol. The molecule has 1 fully saturated rings. The van der Waals surface area contributed by atoms with Crippen LogP contribution in [0.15, 0.2) is 0 Å². The van der Waals surface area contributed by atoms with Crippen LogP contribution in [0.2, 0.25) is 0 Å². The van der Waals surface area contributed by atoms with E-state index in [1.165, 1.54) is 7.11 Å². The third kappa shape index (κ3) is 2.30. The molecule has 0 aromatic rings. The van der Waals surface area contributed by atoms with E-state index in [4.69, 9.17) is 9.47 Å². The van der Waals surface area contributed by atoms with Crippen LogP contribution in [0, 0.1) is 0 Å². The highest BCUT2D eigenvalue weighted by molar-refractivity contribution is 5.79. The molecule has 0 aromatic heterocycles. The first-order valence-electron chi connectivity index (χ1n) is 5.12. The number of nitrogens with zero attached hydrogens (tertiary/aromatic N) is 1. The highest BCUT2D eigenvalue weighted by Gasteiger charge is 2.45. The third-order valence-corrected chi connectivity index (χ3v) is 3.25. The average molecular weight is 217 g/mol. The minimum absolute atomic E-state index is 0.354. The van der Waals surface area contributed by atoms with Gasteiger partial charge in [0.2, 0.25) is 0 Å². The number of hydrogen-bond acceptors (Lipinski definition) is 4. The van der Waals surface area contributed by atoms with Crippen molar-refractivity contribution in [2.24, 2.45) is 0 Å². The summed E-state index contributed by atoms with van der Waals surface area (Å²) in [6.45, 7) is 5.92. The Morgan fingerprint density at radius 3 is 2.47 bits per heavy atom. The molecular formula is C10H19NO4. The Bertz CT molecular complexity index is 227. The normalized spacial score (nSPS) is 24.5. The van der Waals surface area contributed by atoms with Gasteiger partial charge in [0.1, 0.15) is 5.54 Å². The van der Waals surface area contributed by atoms with Crippen LogP contribution in [0.4, 0.5) is 0 Å². The average Bonchev–Trinajstić information content (AvgIpc) is 2.27. The Kier molecular flexibility index (Phi) is 4.07. The van der Waals surface area contributed by atoms with E-state index in [1.54, 1.807) is 13.8 Å². The molecule has 0 saturated carbocycles. The molecule has 5 nitrogen and oxygen atoms in total. The van der Waals surface area contributed by atoms with E-state index in [-0.39, 0.29) is 6.10 Å². The molecule has 2 unspecified atom stereocenters. The van der Waals surface area contributed by atoms with Crippen molar-refractivity contribution in [1.82, 2.24) is 4.90 Å². The second-order valence-corrected chi connectivity index (χ2v) is 3.93. The number of ether oxygens (including phenoxy) is 2. The zero-order chi connectivity index (χ0) is 11.5. The number of rotatable bonds is 4. The molecule has 0 bridgehead atoms. The minimum Gasteiger partial charge on any atom is -0.480 e. The van der Waals surface area contributed by atoms with Gasteiger partial charge in [-0.15, -0.1) is 0 Å². The molecule has 5 heteroatoms. The molecule has 1 aliphatic heterocycles. The number of aliphatic carboxylic acids is 1. The fraction of sp³-hybridized carbons (Fsp3) is 0.900. The van der Waals surface area contributed by atoms with Gasteiger partial charge in [-0.05, 0) is 13.8 Å². The van der Waals surface area contributed by atoms with Gasteiger partial charge in [0.25, 0.3) is 0 Å². The lowest BCUT2D eigenvalue weighted by Gasteiger charge is -2.42. The van der Waals surface area contributed by atoms with Gasteiger partial charge in [-0.25, -0.2) is 0 Å². The summed E-state index contributed by atoms with van der Waals surface area (Å²) in [6, 6.07) is 0. The van der Waals surface area contributed by atoms with Crippen LogP contribution in [-0.2, 0) is 14.3 Å². The first-order chi connectivity index (χ1) is 7.03. The SMILES string of the molecule is COC(C)C(C)(C(=O)O)N1CCOCC1. The monoisotopic (exact) mass is 217 g/mol. The van der Waals surface area contributed by atoms with Gasteiger partial charge in [0, 0.05) is 20.2 Å². The number of hydrogen-bond donors (Lipinski definition) is 1. The second-order valence-electron chi connectivity index (χ2n) is 3.93. The summed E-state index contributed by atoms with van der Waals surface area (Å²) in [7, 11) is 1.53. The fourth-order valence-electron chi connectivity index (χ4n) is 1.82. The fourth-order valence-corrected chi connectivity index (χ4v) is 1.82. The van der Waals surface area contributed by atoms with E-state index in [2.05, 4.69) is 0 Å². The van der Waals surface area contributed by atoms with Crippen molar-refractivity contribution in [1.29, 1.82) is 0 Å². The molecule has 0 amide bonds. The molecule has 0 spiro atoms. The van der Waals surface area contributed by atoms with Crippen molar-refractivity contribution in [3.63, 3.8) is 0 Å². The first-order valence-corrected chi connectivity index (χ1v) is 5.12. The zero-order valence-electron chi connectivity index (χ0n) is 9.52. The van der Waals surface area contributed by atoms with Crippen LogP contribution in [0.1, 0.15) is 13.8 Å². The number of methoxy groups -OCH3 is 1. The summed E-state index contributed by atoms with van der Waals surface area (Å²) >= 11 is 0. The van der Waals surface area contributed by atoms with E-state index in [0.29, 0.717) is 26.3 Å². The largest absolute Gasteiger partial charge is 0.480 e. The van der Waals surface area contributed by atoms with Crippen LogP contribution in [-0.4, -0.2) is 61.0 Å². The van der Waals surface area contributed by atoms with Gasteiger partial charge >= 0.3 is 5.97 Å². The van der Waals surface area contributed by atoms with E-state index in [9.17, 15) is 9.90 Å². The molecule has 1 saturated heterocycles. The second kappa shape index (κ2) is 4.92. The summed E-state index contributed by atoms with van der Waals surface area (Å²) in [5, 5.41) is 9.32. The Morgan fingerprint density at radius 2 is 2.07 bits per heavy atom. The van der Waals surface area contributed by atoms with Crippen LogP contribution >= 0.6 is 0 Å². The molecule has 0 aliphatic carbocycles. The summed E-state index contributed by atoms with van der Waals surface area (Å²) in [5.41, 5.74) is -0.974. The van der Waals surface area contributed by atoms with Gasteiger partial charge in [-0.2, -0.15) is 0 Å². The summed E-state index contributed by atoms with van der Waals surface area (Å²) in [6.07, 6.45) is -0.354. The lowest BCUT2D eigenvalue weighted by atomic mass is 9.93. The Morgan fingerprint density at radius 1 is 1.53 bits per heavy atom. The van der Waals surface area contributed by atoms with Crippen molar-refractivity contribution >= 4 is 5.97 Å². The molecule has 1 rings (SSSR count). The lowest BCUT2D eigenvalue weighted by Crippen LogP contribution is -2.62. The Balaban J connectivity index is 2.83. The van der Waals surface area contributed by atoms with Crippen LogP contribution in [0.25, 0.3) is 0 Å². The molecule has 2 atom stereocenters. The standard InChI is InChI=1S/C10H19NO4/c1-8(14-3)10(2,9(12)13)11-4-6-15-7-5-11/h8H,4-7H2,1-3H3,(H,12,13). The van der Waals surface area contributed by atoms with Gasteiger partial charge in [-0.3, -0.25) is 9.69 Å². The van der Waals surface area contributed by atoms with Crippen molar-refractivity contribution < 1.29 is 19.4 Å². The molecule has 0 aromatic carbocycles. The Hall–Kier alpha value is -0.650. The Labute approximate surface area is 90.0 Å². The van der Waals surface area contributed by atoms with Crippen molar-refractivity contribution in [3.8, 4) is 0 Å². The van der Waals surface area contributed by atoms with Crippen LogP contribution in [0.3, 0.4) is 0 Å². The molecule has 1 N–H and O–H groups in total. The van der Waals surface area contributed by atoms with Gasteiger partial charge < -0.3 is 14.6 Å². The third-order valence-electron chi connectivity index (χ3n) is 3.25. The van der Waals surface area contributed by atoms with Crippen molar-refractivity contribution in [3.05, 3.63) is 0 Å². The number of carbonyl (C=O) groups is 1. The summed E-state index contributed by atoms with van der Waals surface area (Å²) < 4.78 is 10.4. The van der Waals surface area contributed by atoms with Crippen LogP contribution < -0.4 is 0 Å². The molecule has 0 radical (unpaired) electrons. The van der Waals surface area contributed by atoms with E-state index < -0.39 is 11.5 Å². The topological polar surface area (TPSA) is 59.0 Å². The number of morpholine rings is 1. The molecule has 1 heterocycles. The van der Waals surface area contributed by atoms with Gasteiger partial charge in [0.05, 0.1) is 19.3 Å². The number of carboxylic acids is 1. The maximum Gasteiger partial charge on any atom is 0.326 e. The smallest absolute Gasteiger partial charge is 0.326 e. The maximum atomic E-state index is 11.4. The molecule has 88 valence electrons. The minimum atomic E-state index is -0.974. The van der Waals surface area contributed by atoms with Crippen LogP contribution in [0.5, 0.6) is 0 Å². The molecule has 1 aliphatic rings. The van der Waals surface area contributed by atoms with Crippen molar-refractivity contribution in [2.75, 3.05) is 33.4 Å². The van der Waals surface area contributed by atoms with E-state index in [0.717, 1.165) is 0 Å². The van der Waals surface area contributed by atoms with E-state index in [1.807, 2.05) is 4.90 Å². The van der Waals surface area contributed by atoms with Crippen molar-refractivity contribution in [2.45, 2.75) is 25.5 Å². The first kappa shape index (κ1) is 12.4. The van der Waals surface area contributed by atoms with Gasteiger partial charge in [0.15, 0.2) is 0 Å². The maximum absolute atomic E-state index is 11.4. The highest BCUT2D eigenvalue weighted by Crippen LogP contribution is 2.23. The summed E-state index contributed by atoms with van der Waals surface area (Å²) in [5.74, 6) is -0.848. The number of carboxylic acid groups (broad SMARTS) is 1. The predicted octanol–water partition coefficient (Wildman–Crippen LogP) is 0.197. The van der Waals surface area contributed by atoms with E-state index >= 15 is 0 Å². The van der Waals surface area contributed by atoms with Gasteiger partial charge in [-0.1, -0.05) is 0 Å². The zero-order valence-corrected chi connectivity index (χ0v) is 9.52. The molecular weight excluding hydrogens is 198 g/mol. The molecule has 15 heavy (non-hydrogen) atoms.